The molecule has 1 aromatic heterocycles. The van der Waals surface area contributed by atoms with Crippen LogP contribution in [0.1, 0.15) is 20.9 Å². The van der Waals surface area contributed by atoms with Crippen molar-refractivity contribution in [2.24, 2.45) is 0 Å². The molecule has 2 aromatic rings. The van der Waals surface area contributed by atoms with Crippen molar-refractivity contribution >= 4 is 34.5 Å². The van der Waals surface area contributed by atoms with Gasteiger partial charge in [0.15, 0.2) is 12.4 Å². The van der Waals surface area contributed by atoms with Crippen LogP contribution in [-0.4, -0.2) is 23.4 Å². The number of benzene rings is 1. The van der Waals surface area contributed by atoms with E-state index in [1.165, 1.54) is 5.51 Å². The van der Waals surface area contributed by atoms with Gasteiger partial charge in [-0.15, -0.1) is 11.3 Å². The number of hydrogen-bond acceptors (Lipinski definition) is 5. The summed E-state index contributed by atoms with van der Waals surface area (Å²) < 4.78 is 44.3. The van der Waals surface area contributed by atoms with E-state index in [0.29, 0.717) is 5.69 Å². The SMILES string of the molecule is Cc1ncsc1C(=O)Nc1cc(C(F)(F)F)cc2c1OCC(=O)N2. The molecule has 24 heavy (non-hydrogen) atoms. The van der Waals surface area contributed by atoms with Crippen LogP contribution in [0.4, 0.5) is 24.5 Å². The number of alkyl halides is 3. The number of ether oxygens (including phenoxy) is 1. The Kier molecular flexibility index (Phi) is 3.91. The molecule has 10 heteroatoms. The van der Waals surface area contributed by atoms with Crippen molar-refractivity contribution in [3.8, 4) is 5.75 Å². The fraction of sp³-hybridized carbons (Fsp3) is 0.214. The predicted molar refractivity (Wildman–Crippen MR) is 80.4 cm³/mol. The van der Waals surface area contributed by atoms with Gasteiger partial charge in [-0.05, 0) is 19.1 Å². The number of halogens is 3. The first-order valence-corrected chi connectivity index (χ1v) is 7.53. The molecule has 2 N–H and O–H groups in total. The number of aromatic nitrogens is 1. The summed E-state index contributed by atoms with van der Waals surface area (Å²) in [5, 5.41) is 4.70. The second kappa shape index (κ2) is 5.78. The zero-order chi connectivity index (χ0) is 17.5. The van der Waals surface area contributed by atoms with Crippen molar-refractivity contribution in [2.75, 3.05) is 17.2 Å². The minimum Gasteiger partial charge on any atom is -0.479 e. The summed E-state index contributed by atoms with van der Waals surface area (Å²) in [5.41, 5.74) is 0.605. The first-order valence-electron chi connectivity index (χ1n) is 6.65. The third kappa shape index (κ3) is 3.04. The molecule has 2 amide bonds. The lowest BCUT2D eigenvalue weighted by atomic mass is 10.1. The molecule has 0 saturated carbocycles. The number of nitrogens with zero attached hydrogens (tertiary/aromatic N) is 1. The van der Waals surface area contributed by atoms with Crippen molar-refractivity contribution in [3.05, 3.63) is 33.8 Å². The molecule has 1 aliphatic heterocycles. The van der Waals surface area contributed by atoms with E-state index in [4.69, 9.17) is 4.74 Å². The minimum absolute atomic E-state index is 0.0156. The van der Waals surface area contributed by atoms with Crippen LogP contribution in [0.5, 0.6) is 5.75 Å². The Bertz CT molecular complexity index is 832. The summed E-state index contributed by atoms with van der Waals surface area (Å²) in [7, 11) is 0. The highest BCUT2D eigenvalue weighted by molar-refractivity contribution is 7.12. The van der Waals surface area contributed by atoms with E-state index in [9.17, 15) is 22.8 Å². The Morgan fingerprint density at radius 2 is 2.17 bits per heavy atom. The third-order valence-electron chi connectivity index (χ3n) is 3.24. The zero-order valence-electron chi connectivity index (χ0n) is 12.2. The molecule has 0 bridgehead atoms. The standard InChI is InChI=1S/C14H10F3N3O3S/c1-6-12(24-5-18-6)13(22)20-9-3-7(14(15,16)17)2-8-11(9)23-4-10(21)19-8/h2-3,5H,4H2,1H3,(H,19,21)(H,20,22). The van der Waals surface area contributed by atoms with E-state index in [0.717, 1.165) is 23.5 Å². The average molecular weight is 357 g/mol. The normalized spacial score (nSPS) is 13.8. The highest BCUT2D eigenvalue weighted by Gasteiger charge is 2.34. The molecule has 0 saturated heterocycles. The summed E-state index contributed by atoms with van der Waals surface area (Å²) in [4.78, 5) is 27.8. The van der Waals surface area contributed by atoms with Gasteiger partial charge in [0.1, 0.15) is 4.88 Å². The number of fused-ring (bicyclic) bond motifs is 1. The predicted octanol–water partition coefficient (Wildman–Crippen LogP) is 3.05. The number of rotatable bonds is 2. The van der Waals surface area contributed by atoms with Gasteiger partial charge in [-0.2, -0.15) is 13.2 Å². The number of carbonyl (C=O) groups is 2. The second-order valence-corrected chi connectivity index (χ2v) is 5.81. The molecule has 3 rings (SSSR count). The van der Waals surface area contributed by atoms with Crippen LogP contribution in [0.25, 0.3) is 0 Å². The van der Waals surface area contributed by atoms with Crippen LogP contribution < -0.4 is 15.4 Å². The van der Waals surface area contributed by atoms with E-state index in [2.05, 4.69) is 15.6 Å². The maximum Gasteiger partial charge on any atom is 0.416 e. The zero-order valence-corrected chi connectivity index (χ0v) is 13.0. The minimum atomic E-state index is -4.64. The van der Waals surface area contributed by atoms with E-state index in [1.807, 2.05) is 0 Å². The lowest BCUT2D eigenvalue weighted by Gasteiger charge is -2.22. The lowest BCUT2D eigenvalue weighted by molar-refractivity contribution is -0.137. The van der Waals surface area contributed by atoms with Gasteiger partial charge < -0.3 is 15.4 Å². The highest BCUT2D eigenvalue weighted by Crippen LogP contribution is 2.42. The van der Waals surface area contributed by atoms with Gasteiger partial charge in [-0.1, -0.05) is 0 Å². The van der Waals surface area contributed by atoms with Crippen molar-refractivity contribution in [3.63, 3.8) is 0 Å². The van der Waals surface area contributed by atoms with Gasteiger partial charge in [0.2, 0.25) is 0 Å². The quantitative estimate of drug-likeness (QED) is 0.866. The molecule has 0 aliphatic carbocycles. The molecule has 0 radical (unpaired) electrons. The number of hydrogen-bond donors (Lipinski definition) is 2. The topological polar surface area (TPSA) is 80.3 Å². The number of anilines is 2. The molecular weight excluding hydrogens is 347 g/mol. The van der Waals surface area contributed by atoms with Gasteiger partial charge in [0.25, 0.3) is 11.8 Å². The molecule has 0 unspecified atom stereocenters. The van der Waals surface area contributed by atoms with Crippen LogP contribution in [0.3, 0.4) is 0 Å². The molecule has 2 heterocycles. The number of amides is 2. The monoisotopic (exact) mass is 357 g/mol. The Labute approximate surface area is 137 Å². The molecule has 1 aromatic carbocycles. The van der Waals surface area contributed by atoms with Crippen LogP contribution in [0.2, 0.25) is 0 Å². The van der Waals surface area contributed by atoms with Crippen molar-refractivity contribution in [1.82, 2.24) is 4.98 Å². The molecular formula is C14H10F3N3O3S. The highest BCUT2D eigenvalue weighted by atomic mass is 32.1. The van der Waals surface area contributed by atoms with Gasteiger partial charge in [0.05, 0.1) is 28.1 Å². The van der Waals surface area contributed by atoms with Crippen molar-refractivity contribution < 1.29 is 27.5 Å². The van der Waals surface area contributed by atoms with Gasteiger partial charge in [0, 0.05) is 0 Å². The van der Waals surface area contributed by atoms with Crippen molar-refractivity contribution in [1.29, 1.82) is 0 Å². The summed E-state index contributed by atoms with van der Waals surface area (Å²) in [5.74, 6) is -1.19. The molecule has 1 aliphatic rings. The smallest absolute Gasteiger partial charge is 0.416 e. The Balaban J connectivity index is 2.03. The molecule has 126 valence electrons. The van der Waals surface area contributed by atoms with Crippen LogP contribution >= 0.6 is 11.3 Å². The first kappa shape index (κ1) is 16.2. The molecule has 6 nitrogen and oxygen atoms in total. The van der Waals surface area contributed by atoms with Crippen molar-refractivity contribution in [2.45, 2.75) is 13.1 Å². The number of nitrogens with one attached hydrogen (secondary N) is 2. The summed E-state index contributed by atoms with van der Waals surface area (Å²) in [6.45, 7) is 1.27. The molecule has 0 atom stereocenters. The van der Waals surface area contributed by atoms with Gasteiger partial charge in [-0.25, -0.2) is 4.98 Å². The van der Waals surface area contributed by atoms with Gasteiger partial charge >= 0.3 is 6.18 Å². The summed E-state index contributed by atoms with van der Waals surface area (Å²) >= 11 is 1.07. The van der Waals surface area contributed by atoms with E-state index < -0.39 is 23.6 Å². The first-order chi connectivity index (χ1) is 11.3. The summed E-state index contributed by atoms with van der Waals surface area (Å²) in [6, 6.07) is 1.53. The summed E-state index contributed by atoms with van der Waals surface area (Å²) in [6.07, 6.45) is -4.64. The van der Waals surface area contributed by atoms with Crippen LogP contribution in [-0.2, 0) is 11.0 Å². The Hall–Kier alpha value is -2.62. The van der Waals surface area contributed by atoms with Crippen LogP contribution in [0.15, 0.2) is 17.6 Å². The lowest BCUT2D eigenvalue weighted by Crippen LogP contribution is -2.27. The maximum atomic E-state index is 13.0. The third-order valence-corrected chi connectivity index (χ3v) is 4.17. The molecule has 0 fully saturated rings. The Morgan fingerprint density at radius 1 is 1.42 bits per heavy atom. The van der Waals surface area contributed by atoms with E-state index in [-0.39, 0.29) is 28.6 Å². The maximum absolute atomic E-state index is 13.0. The van der Waals surface area contributed by atoms with E-state index in [1.54, 1.807) is 6.92 Å². The number of thiazole rings is 1. The number of carbonyl (C=O) groups excluding carboxylic acids is 2. The van der Waals surface area contributed by atoms with Crippen LogP contribution in [0, 0.1) is 6.92 Å². The average Bonchev–Trinajstić information content (AvgIpc) is 2.91. The fourth-order valence-electron chi connectivity index (χ4n) is 2.16. The molecule has 0 spiro atoms. The largest absolute Gasteiger partial charge is 0.479 e. The van der Waals surface area contributed by atoms with E-state index >= 15 is 0 Å². The number of aryl methyl sites for hydroxylation is 1. The second-order valence-electron chi connectivity index (χ2n) is 4.96. The van der Waals surface area contributed by atoms with Gasteiger partial charge in [-0.3, -0.25) is 9.59 Å². The Morgan fingerprint density at radius 3 is 2.79 bits per heavy atom. The fourth-order valence-corrected chi connectivity index (χ4v) is 2.85.